The number of hydrogen-bond acceptors (Lipinski definition) is 13. The van der Waals surface area contributed by atoms with Crippen molar-refractivity contribution >= 4 is 11.9 Å². The Labute approximate surface area is 194 Å². The Morgan fingerprint density at radius 1 is 1.18 bits per heavy atom. The van der Waals surface area contributed by atoms with Crippen molar-refractivity contribution in [2.45, 2.75) is 73.7 Å². The molecule has 2 rings (SSSR count). The summed E-state index contributed by atoms with van der Waals surface area (Å²) in [5.41, 5.74) is 10.4. The van der Waals surface area contributed by atoms with Gasteiger partial charge in [-0.05, 0) is 12.8 Å². The number of guanidine groups is 1. The SMILES string of the molecule is NC(N)=NCCCC(NC[C@@]1(O)OC[C@@H](O)[C@@H](O[C@@H]2O[C@H](CO)[C@@H](O)[C@H](O)[C@H]2O)[C@@H]1O)C(=O)O. The van der Waals surface area contributed by atoms with Crippen LogP contribution in [-0.4, -0.2) is 140 Å². The van der Waals surface area contributed by atoms with Gasteiger partial charge in [-0.15, -0.1) is 0 Å². The highest BCUT2D eigenvalue weighted by Crippen LogP contribution is 2.30. The fraction of sp³-hybridized carbons (Fsp3) is 0.889. The van der Waals surface area contributed by atoms with E-state index >= 15 is 0 Å². The minimum atomic E-state index is -2.41. The summed E-state index contributed by atoms with van der Waals surface area (Å²) in [6.45, 7) is -1.68. The van der Waals surface area contributed by atoms with Gasteiger partial charge in [0.1, 0.15) is 48.8 Å². The summed E-state index contributed by atoms with van der Waals surface area (Å²) < 4.78 is 15.7. The van der Waals surface area contributed by atoms with Crippen LogP contribution in [0.4, 0.5) is 0 Å². The zero-order chi connectivity index (χ0) is 25.6. The monoisotopic (exact) mass is 498 g/mol. The predicted molar refractivity (Wildman–Crippen MR) is 111 cm³/mol. The number of nitrogens with zero attached hydrogens (tertiary/aromatic N) is 1. The van der Waals surface area contributed by atoms with Gasteiger partial charge in [0.2, 0.25) is 5.79 Å². The molecule has 0 aromatic heterocycles. The number of carbonyl (C=O) groups is 1. The molecule has 2 aliphatic heterocycles. The van der Waals surface area contributed by atoms with Crippen molar-refractivity contribution < 1.29 is 59.9 Å². The predicted octanol–water partition coefficient (Wildman–Crippen LogP) is -6.29. The lowest BCUT2D eigenvalue weighted by atomic mass is 9.95. The number of aliphatic hydroxyl groups excluding tert-OH is 6. The summed E-state index contributed by atoms with van der Waals surface area (Å²) in [5, 5.41) is 82.7. The van der Waals surface area contributed by atoms with E-state index in [1.54, 1.807) is 0 Å². The number of aliphatic carboxylic acids is 1. The van der Waals surface area contributed by atoms with Gasteiger partial charge in [-0.1, -0.05) is 0 Å². The van der Waals surface area contributed by atoms with Crippen LogP contribution in [0.25, 0.3) is 0 Å². The van der Waals surface area contributed by atoms with E-state index in [-0.39, 0.29) is 18.9 Å². The maximum absolute atomic E-state index is 11.5. The summed E-state index contributed by atoms with van der Waals surface area (Å²) >= 11 is 0. The largest absolute Gasteiger partial charge is 0.480 e. The molecule has 10 atom stereocenters. The van der Waals surface area contributed by atoms with Crippen LogP contribution in [0.3, 0.4) is 0 Å². The van der Waals surface area contributed by atoms with Crippen molar-refractivity contribution in [3.63, 3.8) is 0 Å². The van der Waals surface area contributed by atoms with E-state index in [1.165, 1.54) is 0 Å². The molecular weight excluding hydrogens is 464 g/mol. The van der Waals surface area contributed by atoms with Gasteiger partial charge in [0.05, 0.1) is 19.8 Å². The van der Waals surface area contributed by atoms with Crippen molar-refractivity contribution in [3.05, 3.63) is 0 Å². The number of aliphatic hydroxyl groups is 7. The van der Waals surface area contributed by atoms with Crippen LogP contribution in [-0.2, 0) is 19.0 Å². The van der Waals surface area contributed by atoms with Gasteiger partial charge in [0.25, 0.3) is 0 Å². The van der Waals surface area contributed by atoms with Crippen LogP contribution in [0.1, 0.15) is 12.8 Å². The Bertz CT molecular complexity index is 696. The molecule has 0 spiro atoms. The lowest BCUT2D eigenvalue weighted by Gasteiger charge is -2.47. The molecule has 0 aliphatic carbocycles. The van der Waals surface area contributed by atoms with E-state index in [0.717, 1.165) is 0 Å². The smallest absolute Gasteiger partial charge is 0.320 e. The molecule has 0 aromatic carbocycles. The van der Waals surface area contributed by atoms with Crippen molar-refractivity contribution in [2.24, 2.45) is 16.5 Å². The Hall–Kier alpha value is -1.70. The highest BCUT2D eigenvalue weighted by Gasteiger charge is 2.53. The zero-order valence-electron chi connectivity index (χ0n) is 18.3. The minimum Gasteiger partial charge on any atom is -0.480 e. The summed E-state index contributed by atoms with van der Waals surface area (Å²) in [6.07, 6.45) is -12.9. The van der Waals surface area contributed by atoms with E-state index in [2.05, 4.69) is 10.3 Å². The van der Waals surface area contributed by atoms with Crippen molar-refractivity contribution in [3.8, 4) is 0 Å². The van der Waals surface area contributed by atoms with Crippen LogP contribution in [0.2, 0.25) is 0 Å². The first-order chi connectivity index (χ1) is 15.9. The maximum atomic E-state index is 11.5. The van der Waals surface area contributed by atoms with Crippen molar-refractivity contribution in [1.82, 2.24) is 5.32 Å². The number of nitrogens with one attached hydrogen (secondary N) is 1. The van der Waals surface area contributed by atoms with E-state index in [9.17, 15) is 45.6 Å². The first-order valence-corrected chi connectivity index (χ1v) is 10.6. The van der Waals surface area contributed by atoms with Gasteiger partial charge in [-0.2, -0.15) is 0 Å². The molecule has 0 aromatic rings. The van der Waals surface area contributed by atoms with Gasteiger partial charge in [-0.3, -0.25) is 15.1 Å². The van der Waals surface area contributed by atoms with Crippen LogP contribution in [0.15, 0.2) is 4.99 Å². The fourth-order valence-electron chi connectivity index (χ4n) is 3.62. The van der Waals surface area contributed by atoms with Crippen LogP contribution in [0.5, 0.6) is 0 Å². The first-order valence-electron chi connectivity index (χ1n) is 10.6. The van der Waals surface area contributed by atoms with Crippen molar-refractivity contribution in [1.29, 1.82) is 0 Å². The van der Waals surface area contributed by atoms with Gasteiger partial charge in [0, 0.05) is 6.54 Å². The number of nitrogens with two attached hydrogens (primary N) is 2. The molecular formula is C18H34N4O12. The summed E-state index contributed by atoms with van der Waals surface area (Å²) in [4.78, 5) is 15.3. The van der Waals surface area contributed by atoms with Gasteiger partial charge < -0.3 is 66.5 Å². The number of rotatable bonds is 11. The van der Waals surface area contributed by atoms with E-state index in [0.29, 0.717) is 6.42 Å². The molecule has 16 nitrogen and oxygen atoms in total. The summed E-state index contributed by atoms with van der Waals surface area (Å²) in [7, 11) is 0. The molecule has 0 amide bonds. The standard InChI is InChI=1S/C18H34N4O12/c19-17(20)21-3-1-2-7(15(29)30)22-6-18(31)14(28)13(8(24)5-32-18)34-16-12(27)11(26)10(25)9(4-23)33-16/h7-14,16,22-28,31H,1-6H2,(H,29,30)(H4,19,20,21)/t7?,8-,9-,10-,11+,12-,13-,14+,16+,18-/m1/s1. The molecule has 0 saturated carbocycles. The summed E-state index contributed by atoms with van der Waals surface area (Å²) in [5.74, 6) is -3.80. The second kappa shape index (κ2) is 12.3. The van der Waals surface area contributed by atoms with Gasteiger partial charge in [0.15, 0.2) is 12.2 Å². The van der Waals surface area contributed by atoms with Gasteiger partial charge >= 0.3 is 5.97 Å². The molecule has 0 radical (unpaired) electrons. The Kier molecular flexibility index (Phi) is 10.3. The highest BCUT2D eigenvalue weighted by molar-refractivity contribution is 5.75. The Balaban J connectivity index is 2.03. The Morgan fingerprint density at radius 3 is 2.44 bits per heavy atom. The molecule has 34 heavy (non-hydrogen) atoms. The topological polar surface area (TPSA) is 283 Å². The second-order valence-electron chi connectivity index (χ2n) is 8.19. The third kappa shape index (κ3) is 6.92. The second-order valence-corrected chi connectivity index (χ2v) is 8.19. The lowest BCUT2D eigenvalue weighted by Crippen LogP contribution is -2.68. The zero-order valence-corrected chi connectivity index (χ0v) is 18.3. The Morgan fingerprint density at radius 2 is 1.85 bits per heavy atom. The van der Waals surface area contributed by atoms with Crippen LogP contribution < -0.4 is 16.8 Å². The fourth-order valence-corrected chi connectivity index (χ4v) is 3.62. The molecule has 2 saturated heterocycles. The third-order valence-corrected chi connectivity index (χ3v) is 5.64. The highest BCUT2D eigenvalue weighted by atomic mass is 16.7. The lowest BCUT2D eigenvalue weighted by molar-refractivity contribution is -0.367. The number of hydrogen-bond donors (Lipinski definition) is 11. The minimum absolute atomic E-state index is 0.0751. The van der Waals surface area contributed by atoms with E-state index in [4.69, 9.17) is 25.7 Å². The number of ether oxygens (including phenoxy) is 3. The first kappa shape index (κ1) is 28.5. The normalized spacial score (nSPS) is 39.4. The maximum Gasteiger partial charge on any atom is 0.320 e. The van der Waals surface area contributed by atoms with Gasteiger partial charge in [-0.25, -0.2) is 0 Å². The quantitative estimate of drug-likeness (QED) is 0.0717. The van der Waals surface area contributed by atoms with Crippen LogP contribution in [0, 0.1) is 0 Å². The summed E-state index contributed by atoms with van der Waals surface area (Å²) in [6, 6.07) is -1.16. The van der Waals surface area contributed by atoms with E-state index < -0.39 is 86.6 Å². The number of aliphatic imine (C=N–C) groups is 1. The molecule has 0 bridgehead atoms. The molecule has 13 N–H and O–H groups in total. The third-order valence-electron chi connectivity index (χ3n) is 5.64. The average molecular weight is 498 g/mol. The molecule has 2 heterocycles. The number of carboxylic acid groups (broad SMARTS) is 1. The van der Waals surface area contributed by atoms with E-state index in [1.807, 2.05) is 0 Å². The molecule has 16 heteroatoms. The molecule has 1 unspecified atom stereocenters. The average Bonchev–Trinajstić information content (AvgIpc) is 2.78. The number of carboxylic acids is 1. The van der Waals surface area contributed by atoms with Crippen molar-refractivity contribution in [2.75, 3.05) is 26.3 Å². The molecule has 2 fully saturated rings. The van der Waals surface area contributed by atoms with Crippen LogP contribution >= 0.6 is 0 Å². The molecule has 2 aliphatic rings. The molecule has 198 valence electrons.